The molecule has 0 bridgehead atoms. The highest BCUT2D eigenvalue weighted by Crippen LogP contribution is 2.50. The zero-order chi connectivity index (χ0) is 33.9. The molecule has 2 heteroatoms. The molecule has 10 aromatic carbocycles. The fourth-order valence-electron chi connectivity index (χ4n) is 9.14. The van der Waals surface area contributed by atoms with Gasteiger partial charge in [0.05, 0.1) is 0 Å². The number of rotatable bonds is 3. The van der Waals surface area contributed by atoms with Crippen LogP contribution >= 0.6 is 0 Å². The smallest absolute Gasteiger partial charge is 0.136 e. The van der Waals surface area contributed by atoms with Gasteiger partial charge in [0.2, 0.25) is 0 Å². The maximum absolute atomic E-state index is 6.38. The monoisotopic (exact) mass is 660 g/mol. The minimum absolute atomic E-state index is 0.906. The Hall–Kier alpha value is -6.90. The van der Waals surface area contributed by atoms with Crippen molar-refractivity contribution in [1.29, 1.82) is 0 Å². The summed E-state index contributed by atoms with van der Waals surface area (Å²) in [5, 5.41) is 14.5. The van der Waals surface area contributed by atoms with Crippen LogP contribution in [-0.2, 0) is 0 Å². The van der Waals surface area contributed by atoms with Crippen LogP contribution in [-0.4, -0.2) is 0 Å². The Labute approximate surface area is 298 Å². The molecular formula is C50H28O2. The Balaban J connectivity index is 1.17. The zero-order valence-corrected chi connectivity index (χ0v) is 28.0. The summed E-state index contributed by atoms with van der Waals surface area (Å²) in [5.74, 6) is 0. The lowest BCUT2D eigenvalue weighted by Crippen LogP contribution is -1.93. The first-order valence-electron chi connectivity index (χ1n) is 17.8. The van der Waals surface area contributed by atoms with Gasteiger partial charge in [0.15, 0.2) is 0 Å². The van der Waals surface area contributed by atoms with Gasteiger partial charge in [-0.2, -0.15) is 0 Å². The molecular weight excluding hydrogens is 633 g/mol. The van der Waals surface area contributed by atoms with E-state index >= 15 is 0 Å². The first-order valence-corrected chi connectivity index (χ1v) is 17.8. The van der Waals surface area contributed by atoms with Crippen LogP contribution in [0.1, 0.15) is 0 Å². The predicted octanol–water partition coefficient (Wildman–Crippen LogP) is 14.5. The maximum Gasteiger partial charge on any atom is 0.136 e. The quantitative estimate of drug-likeness (QED) is 0.139. The SMILES string of the molecule is c1ccc2c(c1)oc1cccc(-c3c4ccccc4c(-c4ccc(-c5cc6cccc7oc8cccc5c8c67)c5ccccc45)c4ccccc34)c12. The molecule has 0 saturated carbocycles. The van der Waals surface area contributed by atoms with E-state index in [0.29, 0.717) is 0 Å². The minimum atomic E-state index is 0.906. The predicted molar refractivity (Wildman–Crippen MR) is 219 cm³/mol. The molecule has 0 unspecified atom stereocenters. The average Bonchev–Trinajstić information content (AvgIpc) is 3.78. The molecule has 2 aromatic heterocycles. The molecule has 0 atom stereocenters. The number of hydrogen-bond acceptors (Lipinski definition) is 2. The molecule has 0 aliphatic carbocycles. The van der Waals surface area contributed by atoms with Gasteiger partial charge in [-0.1, -0.05) is 140 Å². The number of fused-ring (bicyclic) bond motifs is 6. The molecule has 0 aliphatic rings. The first kappa shape index (κ1) is 27.9. The molecule has 0 fully saturated rings. The second-order valence-electron chi connectivity index (χ2n) is 13.9. The van der Waals surface area contributed by atoms with Crippen LogP contribution < -0.4 is 0 Å². The van der Waals surface area contributed by atoms with Crippen LogP contribution in [0.3, 0.4) is 0 Å². The summed E-state index contributed by atoms with van der Waals surface area (Å²) in [4.78, 5) is 0. The minimum Gasteiger partial charge on any atom is -0.456 e. The van der Waals surface area contributed by atoms with Gasteiger partial charge < -0.3 is 8.83 Å². The number of benzene rings is 10. The standard InChI is InChI=1S/C50H28O2/c1-2-14-31-30(13-1)32(41-28-29-12-9-23-43-46(29)50-37(41)20-10-25-45(50)52-43)26-27-38(31)47-33-15-3-5-17-35(33)48(36-18-6-4-16-34(36)47)40-21-11-24-44-49(40)39-19-7-8-22-42(39)51-44/h1-28H. The summed E-state index contributed by atoms with van der Waals surface area (Å²) in [5.41, 5.74) is 11.0. The Morgan fingerprint density at radius 2 is 0.712 bits per heavy atom. The number of para-hydroxylation sites is 1. The van der Waals surface area contributed by atoms with E-state index < -0.39 is 0 Å². The second kappa shape index (κ2) is 10.3. The lowest BCUT2D eigenvalue weighted by atomic mass is 9.82. The van der Waals surface area contributed by atoms with Crippen molar-refractivity contribution in [2.45, 2.75) is 0 Å². The van der Waals surface area contributed by atoms with E-state index in [2.05, 4.69) is 164 Å². The molecule has 0 saturated heterocycles. The molecule has 0 spiro atoms. The Bertz CT molecular complexity index is 3360. The van der Waals surface area contributed by atoms with Crippen LogP contribution in [0.15, 0.2) is 179 Å². The van der Waals surface area contributed by atoms with Gasteiger partial charge in [0.25, 0.3) is 0 Å². The van der Waals surface area contributed by atoms with Gasteiger partial charge in [-0.15, -0.1) is 0 Å². The Kier molecular flexibility index (Phi) is 5.53. The van der Waals surface area contributed by atoms with Gasteiger partial charge in [-0.3, -0.25) is 0 Å². The fraction of sp³-hybridized carbons (Fsp3) is 0. The Morgan fingerprint density at radius 3 is 1.42 bits per heavy atom. The van der Waals surface area contributed by atoms with E-state index in [0.717, 1.165) is 33.1 Å². The third kappa shape index (κ3) is 3.68. The van der Waals surface area contributed by atoms with E-state index in [1.165, 1.54) is 87.2 Å². The number of hydrogen-bond donors (Lipinski definition) is 0. The van der Waals surface area contributed by atoms with Crippen molar-refractivity contribution in [2.24, 2.45) is 0 Å². The lowest BCUT2D eigenvalue weighted by molar-refractivity contribution is 0.669. The van der Waals surface area contributed by atoms with E-state index in [1.807, 2.05) is 6.07 Å². The van der Waals surface area contributed by atoms with Crippen molar-refractivity contribution in [3.05, 3.63) is 170 Å². The van der Waals surface area contributed by atoms with Crippen LogP contribution in [0.4, 0.5) is 0 Å². The van der Waals surface area contributed by atoms with Crippen LogP contribution in [0.5, 0.6) is 0 Å². The van der Waals surface area contributed by atoms with Crippen LogP contribution in [0, 0.1) is 0 Å². The van der Waals surface area contributed by atoms with E-state index in [4.69, 9.17) is 8.83 Å². The Morgan fingerprint density at radius 1 is 0.250 bits per heavy atom. The van der Waals surface area contributed by atoms with Gasteiger partial charge in [0.1, 0.15) is 22.3 Å². The van der Waals surface area contributed by atoms with Gasteiger partial charge in [-0.05, 0) is 107 Å². The molecule has 0 aliphatic heterocycles. The molecule has 52 heavy (non-hydrogen) atoms. The van der Waals surface area contributed by atoms with E-state index in [9.17, 15) is 0 Å². The van der Waals surface area contributed by atoms with E-state index in [-0.39, 0.29) is 0 Å². The third-order valence-corrected chi connectivity index (χ3v) is 11.2. The van der Waals surface area contributed by atoms with Crippen molar-refractivity contribution < 1.29 is 8.83 Å². The highest BCUT2D eigenvalue weighted by atomic mass is 16.3. The van der Waals surface area contributed by atoms with Crippen molar-refractivity contribution in [3.63, 3.8) is 0 Å². The molecule has 0 radical (unpaired) electrons. The topological polar surface area (TPSA) is 26.3 Å². The summed E-state index contributed by atoms with van der Waals surface area (Å²) in [7, 11) is 0. The van der Waals surface area contributed by atoms with Crippen molar-refractivity contribution in [1.82, 2.24) is 0 Å². The summed E-state index contributed by atoms with van der Waals surface area (Å²) in [6, 6.07) is 61.4. The molecule has 2 nitrogen and oxygen atoms in total. The second-order valence-corrected chi connectivity index (χ2v) is 13.9. The average molecular weight is 661 g/mol. The molecule has 2 heterocycles. The summed E-state index contributed by atoms with van der Waals surface area (Å²) >= 11 is 0. The van der Waals surface area contributed by atoms with Crippen molar-refractivity contribution in [3.8, 4) is 33.4 Å². The molecule has 12 aromatic rings. The van der Waals surface area contributed by atoms with Crippen molar-refractivity contribution >= 4 is 87.0 Å². The highest BCUT2D eigenvalue weighted by Gasteiger charge is 2.23. The highest BCUT2D eigenvalue weighted by molar-refractivity contribution is 6.29. The molecule has 0 N–H and O–H groups in total. The van der Waals surface area contributed by atoms with Gasteiger partial charge >= 0.3 is 0 Å². The van der Waals surface area contributed by atoms with Gasteiger partial charge in [0, 0.05) is 21.5 Å². The van der Waals surface area contributed by atoms with Gasteiger partial charge in [-0.25, -0.2) is 0 Å². The fourth-order valence-corrected chi connectivity index (χ4v) is 9.14. The van der Waals surface area contributed by atoms with Crippen LogP contribution in [0.25, 0.3) is 120 Å². The molecule has 240 valence electrons. The normalized spacial score (nSPS) is 12.2. The summed E-state index contributed by atoms with van der Waals surface area (Å²) < 4.78 is 12.7. The summed E-state index contributed by atoms with van der Waals surface area (Å²) in [6.07, 6.45) is 0. The largest absolute Gasteiger partial charge is 0.456 e. The third-order valence-electron chi connectivity index (χ3n) is 11.2. The summed E-state index contributed by atoms with van der Waals surface area (Å²) in [6.45, 7) is 0. The first-order chi connectivity index (χ1) is 25.8. The van der Waals surface area contributed by atoms with E-state index in [1.54, 1.807) is 0 Å². The molecule has 12 rings (SSSR count). The maximum atomic E-state index is 6.38. The van der Waals surface area contributed by atoms with Crippen molar-refractivity contribution in [2.75, 3.05) is 0 Å². The molecule has 0 amide bonds. The zero-order valence-electron chi connectivity index (χ0n) is 28.0. The van der Waals surface area contributed by atoms with Crippen LogP contribution in [0.2, 0.25) is 0 Å². The lowest BCUT2D eigenvalue weighted by Gasteiger charge is -2.20. The number of furan rings is 2.